The van der Waals surface area contributed by atoms with Crippen molar-refractivity contribution >= 4 is 17.8 Å². The van der Waals surface area contributed by atoms with Gasteiger partial charge in [0.05, 0.1) is 6.42 Å². The SMILES string of the molecule is CC=CC=CC(=O)N[C@H](CC(=O)O)C(=O)O. The summed E-state index contributed by atoms with van der Waals surface area (Å²) in [5.41, 5.74) is 0. The van der Waals surface area contributed by atoms with Crippen molar-refractivity contribution in [3.8, 4) is 0 Å². The highest BCUT2D eigenvalue weighted by atomic mass is 16.4. The Bertz CT molecular complexity index is 332. The zero-order valence-electron chi connectivity index (χ0n) is 8.71. The molecule has 6 nitrogen and oxygen atoms in total. The molecule has 0 aliphatic carbocycles. The number of carboxylic acid groups (broad SMARTS) is 2. The third-order valence-electron chi connectivity index (χ3n) is 1.54. The Labute approximate surface area is 92.3 Å². The highest BCUT2D eigenvalue weighted by Gasteiger charge is 2.21. The minimum atomic E-state index is -1.42. The third kappa shape index (κ3) is 6.36. The summed E-state index contributed by atoms with van der Waals surface area (Å²) in [5, 5.41) is 19.1. The van der Waals surface area contributed by atoms with Crippen LogP contribution in [-0.2, 0) is 14.4 Å². The summed E-state index contributed by atoms with van der Waals surface area (Å²) in [6.45, 7) is 1.76. The van der Waals surface area contributed by atoms with Crippen LogP contribution in [0.3, 0.4) is 0 Å². The van der Waals surface area contributed by atoms with Crippen molar-refractivity contribution in [3.05, 3.63) is 24.3 Å². The summed E-state index contributed by atoms with van der Waals surface area (Å²) in [5.74, 6) is -3.31. The molecule has 0 fully saturated rings. The number of allylic oxidation sites excluding steroid dienone is 3. The van der Waals surface area contributed by atoms with Gasteiger partial charge in [0.25, 0.3) is 0 Å². The largest absolute Gasteiger partial charge is 0.481 e. The van der Waals surface area contributed by atoms with Crippen LogP contribution in [0.4, 0.5) is 0 Å². The minimum absolute atomic E-state index is 0.647. The van der Waals surface area contributed by atoms with E-state index in [0.29, 0.717) is 0 Å². The summed E-state index contributed by atoms with van der Waals surface area (Å²) >= 11 is 0. The summed E-state index contributed by atoms with van der Waals surface area (Å²) < 4.78 is 0. The number of rotatable bonds is 6. The number of carboxylic acids is 2. The average molecular weight is 227 g/mol. The zero-order valence-corrected chi connectivity index (χ0v) is 8.71. The molecule has 0 unspecified atom stereocenters. The fourth-order valence-electron chi connectivity index (χ4n) is 0.849. The van der Waals surface area contributed by atoms with E-state index in [4.69, 9.17) is 10.2 Å². The number of aliphatic carboxylic acids is 2. The van der Waals surface area contributed by atoms with Gasteiger partial charge in [-0.3, -0.25) is 9.59 Å². The number of carbonyl (C=O) groups excluding carboxylic acids is 1. The van der Waals surface area contributed by atoms with Gasteiger partial charge in [-0.25, -0.2) is 4.79 Å². The van der Waals surface area contributed by atoms with E-state index in [9.17, 15) is 14.4 Å². The van der Waals surface area contributed by atoms with E-state index in [2.05, 4.69) is 5.32 Å². The lowest BCUT2D eigenvalue weighted by atomic mass is 10.2. The lowest BCUT2D eigenvalue weighted by Crippen LogP contribution is -2.41. The molecule has 16 heavy (non-hydrogen) atoms. The molecule has 1 atom stereocenters. The van der Waals surface area contributed by atoms with Gasteiger partial charge >= 0.3 is 11.9 Å². The van der Waals surface area contributed by atoms with Crippen LogP contribution in [-0.4, -0.2) is 34.1 Å². The molecule has 0 aromatic rings. The molecule has 0 aliphatic rings. The Morgan fingerprint density at radius 3 is 2.31 bits per heavy atom. The highest BCUT2D eigenvalue weighted by molar-refractivity contribution is 5.92. The first-order chi connectivity index (χ1) is 7.47. The van der Waals surface area contributed by atoms with E-state index in [1.807, 2.05) is 0 Å². The molecular weight excluding hydrogens is 214 g/mol. The summed E-state index contributed by atoms with van der Waals surface area (Å²) in [7, 11) is 0. The number of hydrogen-bond donors (Lipinski definition) is 3. The van der Waals surface area contributed by atoms with E-state index in [1.54, 1.807) is 19.1 Å². The van der Waals surface area contributed by atoms with E-state index in [-0.39, 0.29) is 0 Å². The maximum atomic E-state index is 11.1. The Morgan fingerprint density at radius 1 is 1.25 bits per heavy atom. The third-order valence-corrected chi connectivity index (χ3v) is 1.54. The number of nitrogens with one attached hydrogen (secondary N) is 1. The van der Waals surface area contributed by atoms with Crippen LogP contribution in [0.15, 0.2) is 24.3 Å². The molecule has 88 valence electrons. The first kappa shape index (κ1) is 13.9. The Kier molecular flexibility index (Phi) is 6.27. The Morgan fingerprint density at radius 2 is 1.88 bits per heavy atom. The van der Waals surface area contributed by atoms with Crippen LogP contribution >= 0.6 is 0 Å². The summed E-state index contributed by atoms with van der Waals surface area (Å²) in [4.78, 5) is 32.0. The van der Waals surface area contributed by atoms with Gasteiger partial charge in [-0.2, -0.15) is 0 Å². The first-order valence-corrected chi connectivity index (χ1v) is 4.51. The Hall–Kier alpha value is -2.11. The molecule has 0 saturated carbocycles. The van der Waals surface area contributed by atoms with Crippen LogP contribution in [0.5, 0.6) is 0 Å². The summed E-state index contributed by atoms with van der Waals surface area (Å²) in [6.07, 6.45) is 5.17. The smallest absolute Gasteiger partial charge is 0.326 e. The maximum absolute atomic E-state index is 11.1. The highest BCUT2D eigenvalue weighted by Crippen LogP contribution is 1.93. The van der Waals surface area contributed by atoms with Crippen molar-refractivity contribution in [2.45, 2.75) is 19.4 Å². The second kappa shape index (κ2) is 7.22. The molecule has 0 aromatic heterocycles. The van der Waals surface area contributed by atoms with Gasteiger partial charge in [0.2, 0.25) is 5.91 Å². The average Bonchev–Trinajstić information content (AvgIpc) is 2.16. The molecule has 0 bridgehead atoms. The molecule has 0 saturated heterocycles. The van der Waals surface area contributed by atoms with Crippen molar-refractivity contribution < 1.29 is 24.6 Å². The zero-order chi connectivity index (χ0) is 12.6. The van der Waals surface area contributed by atoms with Gasteiger partial charge in [-0.15, -0.1) is 0 Å². The topological polar surface area (TPSA) is 104 Å². The van der Waals surface area contributed by atoms with Crippen LogP contribution in [0.2, 0.25) is 0 Å². The van der Waals surface area contributed by atoms with Gasteiger partial charge in [0.15, 0.2) is 0 Å². The molecular formula is C10H13NO5. The molecule has 6 heteroatoms. The van der Waals surface area contributed by atoms with Crippen LogP contribution in [0.1, 0.15) is 13.3 Å². The van der Waals surface area contributed by atoms with Gasteiger partial charge in [-0.05, 0) is 6.92 Å². The van der Waals surface area contributed by atoms with E-state index < -0.39 is 30.3 Å². The minimum Gasteiger partial charge on any atom is -0.481 e. The molecule has 1 amide bonds. The fourth-order valence-corrected chi connectivity index (χ4v) is 0.849. The van der Waals surface area contributed by atoms with Crippen LogP contribution in [0.25, 0.3) is 0 Å². The first-order valence-electron chi connectivity index (χ1n) is 4.51. The molecule has 0 aliphatic heterocycles. The van der Waals surface area contributed by atoms with Gasteiger partial charge < -0.3 is 15.5 Å². The second-order valence-electron chi connectivity index (χ2n) is 2.88. The van der Waals surface area contributed by atoms with E-state index in [1.165, 1.54) is 6.08 Å². The van der Waals surface area contributed by atoms with Crippen molar-refractivity contribution in [1.29, 1.82) is 0 Å². The number of carbonyl (C=O) groups is 3. The van der Waals surface area contributed by atoms with Gasteiger partial charge in [-0.1, -0.05) is 18.2 Å². The van der Waals surface area contributed by atoms with Crippen LogP contribution < -0.4 is 5.32 Å². The van der Waals surface area contributed by atoms with Crippen molar-refractivity contribution in [2.75, 3.05) is 0 Å². The van der Waals surface area contributed by atoms with Crippen molar-refractivity contribution in [3.63, 3.8) is 0 Å². The monoisotopic (exact) mass is 227 g/mol. The molecule has 0 spiro atoms. The number of hydrogen-bond acceptors (Lipinski definition) is 3. The molecule has 0 radical (unpaired) electrons. The standard InChI is InChI=1S/C10H13NO5/c1-2-3-4-5-8(12)11-7(10(15)16)6-9(13)14/h2-5,7H,6H2,1H3,(H,11,12)(H,13,14)(H,15,16)/t7-/m1/s1. The van der Waals surface area contributed by atoms with Gasteiger partial charge in [0.1, 0.15) is 6.04 Å². The van der Waals surface area contributed by atoms with Gasteiger partial charge in [0, 0.05) is 6.08 Å². The quantitative estimate of drug-likeness (QED) is 0.443. The second-order valence-corrected chi connectivity index (χ2v) is 2.88. The number of amides is 1. The summed E-state index contributed by atoms with van der Waals surface area (Å²) in [6, 6.07) is -1.42. The molecule has 0 aromatic carbocycles. The lowest BCUT2D eigenvalue weighted by molar-refractivity contribution is -0.146. The van der Waals surface area contributed by atoms with Crippen molar-refractivity contribution in [2.24, 2.45) is 0 Å². The fraction of sp³-hybridized carbons (Fsp3) is 0.300. The van der Waals surface area contributed by atoms with E-state index in [0.717, 1.165) is 6.08 Å². The lowest BCUT2D eigenvalue weighted by Gasteiger charge is -2.09. The normalized spacial score (nSPS) is 12.8. The maximum Gasteiger partial charge on any atom is 0.326 e. The Balaban J connectivity index is 4.34. The molecule has 0 heterocycles. The molecule has 0 rings (SSSR count). The van der Waals surface area contributed by atoms with Crippen molar-refractivity contribution in [1.82, 2.24) is 5.32 Å². The van der Waals surface area contributed by atoms with E-state index >= 15 is 0 Å². The van der Waals surface area contributed by atoms with Crippen LogP contribution in [0, 0.1) is 0 Å². The predicted molar refractivity (Wildman–Crippen MR) is 55.8 cm³/mol. The predicted octanol–water partition coefficient (Wildman–Crippen LogP) is 0.163. The molecule has 3 N–H and O–H groups in total.